The summed E-state index contributed by atoms with van der Waals surface area (Å²) < 4.78 is 5.28. The number of piperidine rings is 1. The zero-order valence-electron chi connectivity index (χ0n) is 16.2. The zero-order valence-corrected chi connectivity index (χ0v) is 16.2. The Bertz CT molecular complexity index is 726. The summed E-state index contributed by atoms with van der Waals surface area (Å²) in [5.74, 6) is 0.942. The molecule has 0 radical (unpaired) electrons. The molecule has 0 bridgehead atoms. The van der Waals surface area contributed by atoms with Crippen LogP contribution in [-0.2, 0) is 6.54 Å². The van der Waals surface area contributed by atoms with E-state index in [-0.39, 0.29) is 17.9 Å². The van der Waals surface area contributed by atoms with Gasteiger partial charge in [0.25, 0.3) is 5.91 Å². The Kier molecular flexibility index (Phi) is 5.77. The van der Waals surface area contributed by atoms with E-state index in [1.807, 2.05) is 31.9 Å². The molecule has 1 aliphatic rings. The first-order valence-electron chi connectivity index (χ1n) is 9.47. The fraction of sp³-hybridized carbons (Fsp3) is 0.524. The van der Waals surface area contributed by atoms with Gasteiger partial charge in [0.05, 0.1) is 0 Å². The molecule has 0 spiro atoms. The lowest BCUT2D eigenvalue weighted by Gasteiger charge is -2.41. The summed E-state index contributed by atoms with van der Waals surface area (Å²) >= 11 is 0. The second kappa shape index (κ2) is 8.04. The molecule has 5 heteroatoms. The number of rotatable bonds is 5. The molecule has 2 atom stereocenters. The van der Waals surface area contributed by atoms with Crippen molar-refractivity contribution in [3.8, 4) is 0 Å². The quantitative estimate of drug-likeness (QED) is 0.815. The van der Waals surface area contributed by atoms with Crippen molar-refractivity contribution in [2.75, 3.05) is 13.6 Å². The molecule has 2 heterocycles. The summed E-state index contributed by atoms with van der Waals surface area (Å²) in [7, 11) is 1.89. The topological polar surface area (TPSA) is 49.6 Å². The Morgan fingerprint density at radius 1 is 1.35 bits per heavy atom. The standard InChI is InChI=1S/C21H29N3O2/c1-15(2)20-13-19(22-26-20)21(25)23(4)18-10-11-24(16(3)12-18)14-17-8-6-5-7-9-17/h5-9,13,15-16,18H,10-12,14H2,1-4H3/t16-,18-/m1/s1. The molecule has 1 saturated heterocycles. The zero-order chi connectivity index (χ0) is 18.7. The highest BCUT2D eigenvalue weighted by Gasteiger charge is 2.31. The Hall–Kier alpha value is -2.14. The molecule has 1 fully saturated rings. The van der Waals surface area contributed by atoms with Crippen molar-refractivity contribution in [2.24, 2.45) is 0 Å². The van der Waals surface area contributed by atoms with Gasteiger partial charge in [0.15, 0.2) is 5.69 Å². The van der Waals surface area contributed by atoms with Gasteiger partial charge in [-0.05, 0) is 25.3 Å². The monoisotopic (exact) mass is 355 g/mol. The molecular weight excluding hydrogens is 326 g/mol. The Balaban J connectivity index is 1.59. The lowest BCUT2D eigenvalue weighted by molar-refractivity contribution is 0.0530. The summed E-state index contributed by atoms with van der Waals surface area (Å²) in [6.07, 6.45) is 1.96. The van der Waals surface area contributed by atoms with Crippen LogP contribution in [0.2, 0.25) is 0 Å². The van der Waals surface area contributed by atoms with E-state index >= 15 is 0 Å². The van der Waals surface area contributed by atoms with Gasteiger partial charge in [-0.2, -0.15) is 0 Å². The molecule has 1 aromatic heterocycles. The van der Waals surface area contributed by atoms with E-state index in [1.165, 1.54) is 5.56 Å². The maximum atomic E-state index is 12.7. The number of hydrogen-bond acceptors (Lipinski definition) is 4. The van der Waals surface area contributed by atoms with Gasteiger partial charge in [0.1, 0.15) is 5.76 Å². The Labute approximate surface area is 156 Å². The van der Waals surface area contributed by atoms with E-state index in [4.69, 9.17) is 4.52 Å². The largest absolute Gasteiger partial charge is 0.360 e. The minimum atomic E-state index is -0.0469. The fourth-order valence-electron chi connectivity index (χ4n) is 3.61. The molecule has 3 rings (SSSR count). The average molecular weight is 355 g/mol. The minimum Gasteiger partial charge on any atom is -0.360 e. The molecule has 0 saturated carbocycles. The summed E-state index contributed by atoms with van der Waals surface area (Å²) in [5.41, 5.74) is 1.75. The van der Waals surface area contributed by atoms with Gasteiger partial charge in [-0.3, -0.25) is 9.69 Å². The van der Waals surface area contributed by atoms with Gasteiger partial charge in [-0.15, -0.1) is 0 Å². The van der Waals surface area contributed by atoms with Crippen LogP contribution < -0.4 is 0 Å². The molecule has 2 aromatic rings. The van der Waals surface area contributed by atoms with Crippen LogP contribution in [0, 0.1) is 0 Å². The first-order valence-corrected chi connectivity index (χ1v) is 9.47. The van der Waals surface area contributed by atoms with Gasteiger partial charge < -0.3 is 9.42 Å². The van der Waals surface area contributed by atoms with Crippen molar-refractivity contribution < 1.29 is 9.32 Å². The SMILES string of the molecule is CC(C)c1cc(C(=O)N(C)[C@@H]2CCN(Cc3ccccc3)[C@H](C)C2)no1. The van der Waals surface area contributed by atoms with Crippen molar-refractivity contribution >= 4 is 5.91 Å². The highest BCUT2D eigenvalue weighted by molar-refractivity contribution is 5.92. The van der Waals surface area contributed by atoms with Gasteiger partial charge in [-0.1, -0.05) is 49.3 Å². The minimum absolute atomic E-state index is 0.0469. The average Bonchev–Trinajstić information content (AvgIpc) is 3.13. The summed E-state index contributed by atoms with van der Waals surface area (Å²) in [4.78, 5) is 17.1. The number of carbonyl (C=O) groups excluding carboxylic acids is 1. The van der Waals surface area contributed by atoms with E-state index in [2.05, 4.69) is 41.2 Å². The first kappa shape index (κ1) is 18.6. The molecular formula is C21H29N3O2. The van der Waals surface area contributed by atoms with Crippen molar-refractivity contribution in [1.82, 2.24) is 15.0 Å². The lowest BCUT2D eigenvalue weighted by atomic mass is 9.96. The fourth-order valence-corrected chi connectivity index (χ4v) is 3.61. The van der Waals surface area contributed by atoms with Crippen molar-refractivity contribution in [3.63, 3.8) is 0 Å². The normalized spacial score (nSPS) is 21.1. The predicted molar refractivity (Wildman–Crippen MR) is 102 cm³/mol. The molecule has 140 valence electrons. The van der Waals surface area contributed by atoms with Gasteiger partial charge in [0, 0.05) is 44.2 Å². The van der Waals surface area contributed by atoms with Crippen LogP contribution >= 0.6 is 0 Å². The van der Waals surface area contributed by atoms with Crippen molar-refractivity contribution in [1.29, 1.82) is 0 Å². The first-order chi connectivity index (χ1) is 12.5. The van der Waals surface area contributed by atoms with E-state index < -0.39 is 0 Å². The summed E-state index contributed by atoms with van der Waals surface area (Å²) in [6.45, 7) is 8.27. The van der Waals surface area contributed by atoms with Crippen LogP contribution in [0.4, 0.5) is 0 Å². The Morgan fingerprint density at radius 2 is 2.08 bits per heavy atom. The van der Waals surface area contributed by atoms with Crippen molar-refractivity contribution in [2.45, 2.75) is 58.2 Å². The second-order valence-corrected chi connectivity index (χ2v) is 7.67. The predicted octanol–water partition coefficient (Wildman–Crippen LogP) is 3.92. The highest BCUT2D eigenvalue weighted by atomic mass is 16.5. The van der Waals surface area contributed by atoms with Crippen LogP contribution in [0.25, 0.3) is 0 Å². The van der Waals surface area contributed by atoms with E-state index in [1.54, 1.807) is 6.07 Å². The molecule has 1 aromatic carbocycles. The van der Waals surface area contributed by atoms with Crippen LogP contribution in [0.3, 0.4) is 0 Å². The van der Waals surface area contributed by atoms with E-state index in [9.17, 15) is 4.79 Å². The molecule has 1 aliphatic heterocycles. The van der Waals surface area contributed by atoms with Gasteiger partial charge in [-0.25, -0.2) is 0 Å². The third kappa shape index (κ3) is 4.15. The summed E-state index contributed by atoms with van der Waals surface area (Å²) in [5, 5.41) is 3.97. The van der Waals surface area contributed by atoms with Crippen molar-refractivity contribution in [3.05, 3.63) is 53.4 Å². The molecule has 0 unspecified atom stereocenters. The van der Waals surface area contributed by atoms with E-state index in [0.29, 0.717) is 11.7 Å². The van der Waals surface area contributed by atoms with E-state index in [0.717, 1.165) is 31.7 Å². The maximum Gasteiger partial charge on any atom is 0.276 e. The molecule has 0 N–H and O–H groups in total. The number of amides is 1. The van der Waals surface area contributed by atoms with Gasteiger partial charge >= 0.3 is 0 Å². The molecule has 1 amide bonds. The molecule has 5 nitrogen and oxygen atoms in total. The number of nitrogens with zero attached hydrogens (tertiary/aromatic N) is 3. The van der Waals surface area contributed by atoms with Crippen LogP contribution in [0.1, 0.15) is 61.3 Å². The maximum absolute atomic E-state index is 12.7. The smallest absolute Gasteiger partial charge is 0.276 e. The lowest BCUT2D eigenvalue weighted by Crippen LogP contribution is -2.49. The number of aromatic nitrogens is 1. The Morgan fingerprint density at radius 3 is 2.69 bits per heavy atom. The van der Waals surface area contributed by atoms with Crippen LogP contribution in [0.5, 0.6) is 0 Å². The second-order valence-electron chi connectivity index (χ2n) is 7.67. The number of hydrogen-bond donors (Lipinski definition) is 0. The molecule has 26 heavy (non-hydrogen) atoms. The molecule has 0 aliphatic carbocycles. The number of likely N-dealkylation sites (tertiary alicyclic amines) is 1. The highest BCUT2D eigenvalue weighted by Crippen LogP contribution is 2.24. The van der Waals surface area contributed by atoms with Crippen LogP contribution in [0.15, 0.2) is 40.9 Å². The summed E-state index contributed by atoms with van der Waals surface area (Å²) in [6, 6.07) is 13.0. The van der Waals surface area contributed by atoms with Gasteiger partial charge in [0.2, 0.25) is 0 Å². The van der Waals surface area contributed by atoms with Crippen LogP contribution in [-0.4, -0.2) is 46.5 Å². The third-order valence-electron chi connectivity index (χ3n) is 5.40. The number of carbonyl (C=O) groups is 1. The third-order valence-corrected chi connectivity index (χ3v) is 5.40. The number of benzene rings is 1.